The SMILES string of the molecule is CSc1nc(C(=O)N2CCC3(CCC(=O)N3Cc3ccccc3)CC2)cs1. The lowest BCUT2D eigenvalue weighted by Crippen LogP contribution is -2.53. The van der Waals surface area contributed by atoms with Gasteiger partial charge in [0.1, 0.15) is 10.0 Å². The van der Waals surface area contributed by atoms with E-state index in [9.17, 15) is 9.59 Å². The Labute approximate surface area is 167 Å². The quantitative estimate of drug-likeness (QED) is 0.734. The van der Waals surface area contributed by atoms with Gasteiger partial charge < -0.3 is 9.80 Å². The van der Waals surface area contributed by atoms with Crippen LogP contribution in [-0.2, 0) is 11.3 Å². The number of piperidine rings is 1. The van der Waals surface area contributed by atoms with E-state index < -0.39 is 0 Å². The van der Waals surface area contributed by atoms with Crippen LogP contribution < -0.4 is 0 Å². The first-order valence-electron chi connectivity index (χ1n) is 9.24. The van der Waals surface area contributed by atoms with Crippen LogP contribution in [0, 0.1) is 0 Å². The molecule has 1 aromatic carbocycles. The van der Waals surface area contributed by atoms with Crippen molar-refractivity contribution in [3.8, 4) is 0 Å². The third kappa shape index (κ3) is 3.62. The van der Waals surface area contributed by atoms with E-state index in [1.165, 1.54) is 11.3 Å². The number of nitrogens with zero attached hydrogens (tertiary/aromatic N) is 3. The van der Waals surface area contributed by atoms with Gasteiger partial charge in [-0.15, -0.1) is 11.3 Å². The van der Waals surface area contributed by atoms with E-state index in [4.69, 9.17) is 0 Å². The molecule has 2 saturated heterocycles. The minimum absolute atomic E-state index is 0.0142. The number of carbonyl (C=O) groups excluding carboxylic acids is 2. The Bertz CT molecular complexity index is 829. The van der Waals surface area contributed by atoms with Crippen LogP contribution in [0.25, 0.3) is 0 Å². The third-order valence-corrected chi connectivity index (χ3v) is 7.58. The van der Waals surface area contributed by atoms with Gasteiger partial charge in [-0.05, 0) is 31.1 Å². The highest BCUT2D eigenvalue weighted by atomic mass is 32.2. The summed E-state index contributed by atoms with van der Waals surface area (Å²) in [4.78, 5) is 33.7. The fourth-order valence-electron chi connectivity index (χ4n) is 4.15. The number of carbonyl (C=O) groups is 2. The molecule has 0 N–H and O–H groups in total. The van der Waals surface area contributed by atoms with E-state index in [0.717, 1.165) is 29.2 Å². The van der Waals surface area contributed by atoms with Crippen molar-refractivity contribution in [3.05, 3.63) is 47.0 Å². The van der Waals surface area contributed by atoms with Crippen molar-refractivity contribution in [1.29, 1.82) is 0 Å². The van der Waals surface area contributed by atoms with Crippen LogP contribution in [0.1, 0.15) is 41.7 Å². The van der Waals surface area contributed by atoms with Gasteiger partial charge in [0, 0.05) is 37.0 Å². The Kier molecular flexibility index (Phi) is 5.23. The van der Waals surface area contributed by atoms with E-state index in [2.05, 4.69) is 22.0 Å². The summed E-state index contributed by atoms with van der Waals surface area (Å²) in [5.74, 6) is 0.253. The van der Waals surface area contributed by atoms with Crippen LogP contribution in [-0.4, -0.2) is 51.5 Å². The average Bonchev–Trinajstić information content (AvgIpc) is 3.30. The van der Waals surface area contributed by atoms with Crippen molar-refractivity contribution in [2.75, 3.05) is 19.3 Å². The number of aromatic nitrogens is 1. The topological polar surface area (TPSA) is 53.5 Å². The van der Waals surface area contributed by atoms with Crippen molar-refractivity contribution < 1.29 is 9.59 Å². The first-order valence-corrected chi connectivity index (χ1v) is 11.3. The van der Waals surface area contributed by atoms with E-state index in [1.807, 2.05) is 34.7 Å². The lowest BCUT2D eigenvalue weighted by molar-refractivity contribution is -0.133. The van der Waals surface area contributed by atoms with Crippen LogP contribution in [0.15, 0.2) is 40.1 Å². The van der Waals surface area contributed by atoms with Crippen LogP contribution >= 0.6 is 23.1 Å². The predicted molar refractivity (Wildman–Crippen MR) is 108 cm³/mol. The van der Waals surface area contributed by atoms with E-state index in [0.29, 0.717) is 31.7 Å². The Hall–Kier alpha value is -1.86. The van der Waals surface area contributed by atoms with Crippen molar-refractivity contribution in [1.82, 2.24) is 14.8 Å². The molecule has 2 fully saturated rings. The molecule has 2 aliphatic rings. The van der Waals surface area contributed by atoms with Crippen molar-refractivity contribution in [3.63, 3.8) is 0 Å². The molecule has 2 amide bonds. The lowest BCUT2D eigenvalue weighted by atomic mass is 9.84. The van der Waals surface area contributed by atoms with Crippen LogP contribution in [0.2, 0.25) is 0 Å². The third-order valence-electron chi connectivity index (χ3n) is 5.72. The van der Waals surface area contributed by atoms with Crippen molar-refractivity contribution in [2.24, 2.45) is 0 Å². The van der Waals surface area contributed by atoms with E-state index in [1.54, 1.807) is 11.8 Å². The number of rotatable bonds is 4. The van der Waals surface area contributed by atoms with Crippen LogP contribution in [0.5, 0.6) is 0 Å². The molecule has 0 aliphatic carbocycles. The number of thiazole rings is 1. The first kappa shape index (κ1) is 18.5. The summed E-state index contributed by atoms with van der Waals surface area (Å²) >= 11 is 3.08. The fourth-order valence-corrected chi connectivity index (χ4v) is 5.39. The summed E-state index contributed by atoms with van der Waals surface area (Å²) in [7, 11) is 0. The van der Waals surface area contributed by atoms with Crippen molar-refractivity contribution in [2.45, 2.75) is 42.1 Å². The number of likely N-dealkylation sites (tertiary alicyclic amines) is 2. The standard InChI is InChI=1S/C20H23N3O2S2/c1-26-19-21-16(14-27-19)18(25)22-11-9-20(10-12-22)8-7-17(24)23(20)13-15-5-3-2-4-6-15/h2-6,14H,7-13H2,1H3. The molecule has 2 aromatic rings. The molecule has 142 valence electrons. The van der Waals surface area contributed by atoms with Crippen molar-refractivity contribution >= 4 is 34.9 Å². The summed E-state index contributed by atoms with van der Waals surface area (Å²) < 4.78 is 0.919. The number of amides is 2. The second-order valence-corrected chi connectivity index (χ2v) is 9.10. The molecule has 3 heterocycles. The Morgan fingerprint density at radius 3 is 2.63 bits per heavy atom. The molecule has 0 unspecified atom stereocenters. The maximum absolute atomic E-state index is 12.7. The Morgan fingerprint density at radius 2 is 1.96 bits per heavy atom. The molecule has 0 saturated carbocycles. The minimum atomic E-state index is -0.101. The summed E-state index contributed by atoms with van der Waals surface area (Å²) in [6, 6.07) is 10.2. The normalized spacial score (nSPS) is 19.1. The predicted octanol–water partition coefficient (Wildman–Crippen LogP) is 3.66. The van der Waals surface area contributed by atoms with Gasteiger partial charge in [0.05, 0.1) is 0 Å². The van der Waals surface area contributed by atoms with Gasteiger partial charge in [0.25, 0.3) is 5.91 Å². The summed E-state index contributed by atoms with van der Waals surface area (Å²) in [6.07, 6.45) is 5.17. The zero-order valence-corrected chi connectivity index (χ0v) is 17.0. The monoisotopic (exact) mass is 401 g/mol. The van der Waals surface area contributed by atoms with Gasteiger partial charge in [0.2, 0.25) is 5.91 Å². The zero-order valence-electron chi connectivity index (χ0n) is 15.4. The van der Waals surface area contributed by atoms with Gasteiger partial charge in [-0.25, -0.2) is 4.98 Å². The van der Waals surface area contributed by atoms with E-state index in [-0.39, 0.29) is 17.4 Å². The first-order chi connectivity index (χ1) is 13.1. The van der Waals surface area contributed by atoms with Gasteiger partial charge in [-0.3, -0.25) is 9.59 Å². The molecule has 1 aromatic heterocycles. The molecule has 2 aliphatic heterocycles. The summed E-state index contributed by atoms with van der Waals surface area (Å²) in [5.41, 5.74) is 1.61. The molecule has 7 heteroatoms. The lowest BCUT2D eigenvalue weighted by Gasteiger charge is -2.45. The average molecular weight is 402 g/mol. The smallest absolute Gasteiger partial charge is 0.273 e. The molecule has 1 spiro atoms. The van der Waals surface area contributed by atoms with E-state index >= 15 is 0 Å². The zero-order chi connectivity index (χ0) is 18.9. The highest BCUT2D eigenvalue weighted by Gasteiger charge is 2.47. The largest absolute Gasteiger partial charge is 0.337 e. The fraction of sp³-hybridized carbons (Fsp3) is 0.450. The molecular weight excluding hydrogens is 378 g/mol. The molecule has 5 nitrogen and oxygen atoms in total. The number of hydrogen-bond donors (Lipinski definition) is 0. The maximum Gasteiger partial charge on any atom is 0.273 e. The molecule has 0 radical (unpaired) electrons. The molecular formula is C20H23N3O2S2. The van der Waals surface area contributed by atoms with Gasteiger partial charge in [-0.1, -0.05) is 42.1 Å². The molecule has 0 atom stereocenters. The van der Waals surface area contributed by atoms with Gasteiger partial charge >= 0.3 is 0 Å². The number of benzene rings is 1. The second kappa shape index (κ2) is 7.64. The minimum Gasteiger partial charge on any atom is -0.337 e. The Balaban J connectivity index is 1.45. The number of hydrogen-bond acceptors (Lipinski definition) is 5. The van der Waals surface area contributed by atoms with Gasteiger partial charge in [0.15, 0.2) is 0 Å². The number of thioether (sulfide) groups is 1. The van der Waals surface area contributed by atoms with Gasteiger partial charge in [-0.2, -0.15) is 0 Å². The second-order valence-electron chi connectivity index (χ2n) is 7.18. The molecule has 4 rings (SSSR count). The molecule has 27 heavy (non-hydrogen) atoms. The maximum atomic E-state index is 12.7. The Morgan fingerprint density at radius 1 is 1.22 bits per heavy atom. The highest BCUT2D eigenvalue weighted by molar-refractivity contribution is 8.00. The van der Waals surface area contributed by atoms with Crippen LogP contribution in [0.3, 0.4) is 0 Å². The summed E-state index contributed by atoms with van der Waals surface area (Å²) in [5, 5.41) is 1.85. The highest BCUT2D eigenvalue weighted by Crippen LogP contribution is 2.40. The van der Waals surface area contributed by atoms with Crippen LogP contribution in [0.4, 0.5) is 0 Å². The molecule has 0 bridgehead atoms. The summed E-state index contributed by atoms with van der Waals surface area (Å²) in [6.45, 7) is 2.03.